The van der Waals surface area contributed by atoms with Gasteiger partial charge in [0.15, 0.2) is 5.82 Å². The Balaban J connectivity index is 0.00000148. The maximum atomic E-state index is 4.92. The van der Waals surface area contributed by atoms with Gasteiger partial charge in [-0.2, -0.15) is 5.10 Å². The molecule has 41 heavy (non-hydrogen) atoms. The Kier molecular flexibility index (Phi) is 7.55. The number of aromatic nitrogens is 7. The van der Waals surface area contributed by atoms with Crippen LogP contribution in [0.4, 0.5) is 0 Å². The van der Waals surface area contributed by atoms with Crippen molar-refractivity contribution in [2.24, 2.45) is 0 Å². The smallest absolute Gasteiger partial charge is 0.159 e. The van der Waals surface area contributed by atoms with Gasteiger partial charge in [-0.15, -0.1) is 0 Å². The van der Waals surface area contributed by atoms with E-state index >= 15 is 0 Å². The SMILES string of the molecule is CC.c1ccc(CNCc2cncc(-c3ccc4[nH]nc(-c5nc6c(-c7ccccn7)cncc6[nH]5)c4c3)c2)cc1. The largest absolute Gasteiger partial charge is 0.335 e. The monoisotopic (exact) mass is 538 g/mol. The highest BCUT2D eigenvalue weighted by molar-refractivity contribution is 5.97. The molecule has 5 aromatic heterocycles. The number of imidazole rings is 1. The third-order valence-electron chi connectivity index (χ3n) is 6.75. The number of hydrogen-bond donors (Lipinski definition) is 3. The van der Waals surface area contributed by atoms with Gasteiger partial charge in [0.1, 0.15) is 11.2 Å². The first kappa shape index (κ1) is 26.0. The highest BCUT2D eigenvalue weighted by Crippen LogP contribution is 2.32. The Hall–Kier alpha value is -5.21. The fourth-order valence-corrected chi connectivity index (χ4v) is 4.82. The Morgan fingerprint density at radius 2 is 1.56 bits per heavy atom. The lowest BCUT2D eigenvalue weighted by Gasteiger charge is -2.07. The second-order valence-corrected chi connectivity index (χ2v) is 9.39. The molecule has 0 aliphatic carbocycles. The number of rotatable bonds is 7. The van der Waals surface area contributed by atoms with Crippen molar-refractivity contribution in [3.8, 4) is 33.9 Å². The molecule has 0 atom stereocenters. The molecule has 8 heteroatoms. The molecule has 0 aliphatic rings. The number of nitrogens with zero attached hydrogens (tertiary/aromatic N) is 5. The van der Waals surface area contributed by atoms with E-state index in [-0.39, 0.29) is 0 Å². The molecule has 3 N–H and O–H groups in total. The van der Waals surface area contributed by atoms with Crippen LogP contribution in [-0.4, -0.2) is 35.1 Å². The number of aromatic amines is 2. The number of nitrogens with one attached hydrogen (secondary N) is 3. The molecular weight excluding hydrogens is 508 g/mol. The number of pyridine rings is 3. The van der Waals surface area contributed by atoms with Gasteiger partial charge >= 0.3 is 0 Å². The van der Waals surface area contributed by atoms with Crippen LogP contribution >= 0.6 is 0 Å². The van der Waals surface area contributed by atoms with Crippen molar-refractivity contribution >= 4 is 21.9 Å². The summed E-state index contributed by atoms with van der Waals surface area (Å²) in [5.74, 6) is 0.676. The van der Waals surface area contributed by atoms with Gasteiger partial charge in [0.25, 0.3) is 0 Å². The lowest BCUT2D eigenvalue weighted by Crippen LogP contribution is -2.12. The summed E-state index contributed by atoms with van der Waals surface area (Å²) >= 11 is 0. The molecule has 5 heterocycles. The molecule has 7 aromatic rings. The van der Waals surface area contributed by atoms with Gasteiger partial charge in [0.05, 0.1) is 22.9 Å². The standard InChI is InChI=1S/C31H24N8.C2H6/c1-2-6-20(7-3-1)14-32-15-21-12-23(17-33-16-21)22-9-10-27-24(13-22)30(39-38-27)31-36-28-19-34-18-25(29(28)37-31)26-8-4-5-11-35-26;1-2/h1-13,16-19,32H,14-15H2,(H,36,37)(H,38,39);1-2H3. The normalized spacial score (nSPS) is 11.0. The molecule has 0 saturated heterocycles. The van der Waals surface area contributed by atoms with Gasteiger partial charge in [-0.3, -0.25) is 20.1 Å². The zero-order chi connectivity index (χ0) is 28.0. The number of fused-ring (bicyclic) bond motifs is 2. The highest BCUT2D eigenvalue weighted by atomic mass is 15.1. The highest BCUT2D eigenvalue weighted by Gasteiger charge is 2.16. The molecule has 0 amide bonds. The van der Waals surface area contributed by atoms with Crippen LogP contribution in [0.5, 0.6) is 0 Å². The van der Waals surface area contributed by atoms with E-state index < -0.39 is 0 Å². The van der Waals surface area contributed by atoms with Crippen LogP contribution in [0.2, 0.25) is 0 Å². The third-order valence-corrected chi connectivity index (χ3v) is 6.75. The Morgan fingerprint density at radius 3 is 2.41 bits per heavy atom. The zero-order valence-corrected chi connectivity index (χ0v) is 23.0. The van der Waals surface area contributed by atoms with Gasteiger partial charge in [-0.05, 0) is 47.0 Å². The molecular formula is C33H30N8. The molecule has 202 valence electrons. The van der Waals surface area contributed by atoms with E-state index in [9.17, 15) is 0 Å². The summed E-state index contributed by atoms with van der Waals surface area (Å²) in [6.45, 7) is 5.55. The van der Waals surface area contributed by atoms with E-state index in [1.165, 1.54) is 5.56 Å². The van der Waals surface area contributed by atoms with Crippen molar-refractivity contribution in [1.29, 1.82) is 0 Å². The second-order valence-electron chi connectivity index (χ2n) is 9.39. The molecule has 8 nitrogen and oxygen atoms in total. The van der Waals surface area contributed by atoms with Crippen molar-refractivity contribution in [2.45, 2.75) is 26.9 Å². The van der Waals surface area contributed by atoms with Gasteiger partial charge in [0.2, 0.25) is 0 Å². The molecule has 0 aliphatic heterocycles. The topological polar surface area (TPSA) is 108 Å². The van der Waals surface area contributed by atoms with Crippen LogP contribution < -0.4 is 5.32 Å². The number of H-pyrrole nitrogens is 2. The molecule has 2 aromatic carbocycles. The molecule has 0 bridgehead atoms. The van der Waals surface area contributed by atoms with E-state index in [1.807, 2.05) is 56.6 Å². The quantitative estimate of drug-likeness (QED) is 0.203. The van der Waals surface area contributed by atoms with E-state index in [1.54, 1.807) is 18.6 Å². The van der Waals surface area contributed by atoms with Crippen molar-refractivity contribution < 1.29 is 0 Å². The second kappa shape index (κ2) is 11.9. The van der Waals surface area contributed by atoms with Crippen LogP contribution in [-0.2, 0) is 13.1 Å². The van der Waals surface area contributed by atoms with Gasteiger partial charge in [-0.25, -0.2) is 4.98 Å². The fourth-order valence-electron chi connectivity index (χ4n) is 4.82. The molecule has 0 spiro atoms. The maximum Gasteiger partial charge on any atom is 0.159 e. The van der Waals surface area contributed by atoms with Gasteiger partial charge in [-0.1, -0.05) is 56.3 Å². The van der Waals surface area contributed by atoms with Crippen LogP contribution in [0, 0.1) is 0 Å². The van der Waals surface area contributed by atoms with Crippen LogP contribution in [0.25, 0.3) is 55.8 Å². The lowest BCUT2D eigenvalue weighted by molar-refractivity contribution is 0.691. The molecule has 7 rings (SSSR count). The number of hydrogen-bond acceptors (Lipinski definition) is 6. The van der Waals surface area contributed by atoms with Crippen molar-refractivity contribution in [2.75, 3.05) is 0 Å². The van der Waals surface area contributed by atoms with Crippen LogP contribution in [0.15, 0.2) is 104 Å². The van der Waals surface area contributed by atoms with E-state index in [2.05, 4.69) is 77.9 Å². The summed E-state index contributed by atoms with van der Waals surface area (Å²) < 4.78 is 0. The summed E-state index contributed by atoms with van der Waals surface area (Å²) in [5, 5.41) is 12.2. The first-order chi connectivity index (χ1) is 20.3. The summed E-state index contributed by atoms with van der Waals surface area (Å²) in [6, 6.07) is 24.7. The molecule has 0 radical (unpaired) electrons. The Bertz CT molecular complexity index is 1890. The average Bonchev–Trinajstić information content (AvgIpc) is 3.67. The zero-order valence-electron chi connectivity index (χ0n) is 23.0. The van der Waals surface area contributed by atoms with Crippen LogP contribution in [0.3, 0.4) is 0 Å². The van der Waals surface area contributed by atoms with E-state index in [0.29, 0.717) is 5.82 Å². The predicted molar refractivity (Wildman–Crippen MR) is 164 cm³/mol. The third kappa shape index (κ3) is 5.46. The molecule has 0 fully saturated rings. The van der Waals surface area contributed by atoms with Crippen LogP contribution in [0.1, 0.15) is 25.0 Å². The van der Waals surface area contributed by atoms with Crippen molar-refractivity contribution in [3.63, 3.8) is 0 Å². The first-order valence-electron chi connectivity index (χ1n) is 13.7. The van der Waals surface area contributed by atoms with Crippen molar-refractivity contribution in [3.05, 3.63) is 115 Å². The van der Waals surface area contributed by atoms with Crippen molar-refractivity contribution in [1.82, 2.24) is 40.4 Å². The fraction of sp³-hybridized carbons (Fsp3) is 0.121. The minimum absolute atomic E-state index is 0.676. The Morgan fingerprint density at radius 1 is 0.732 bits per heavy atom. The summed E-state index contributed by atoms with van der Waals surface area (Å²) in [6.07, 6.45) is 9.15. The molecule has 0 saturated carbocycles. The van der Waals surface area contributed by atoms with Gasteiger partial charge < -0.3 is 10.3 Å². The summed E-state index contributed by atoms with van der Waals surface area (Å²) in [5.41, 5.74) is 9.54. The van der Waals surface area contributed by atoms with E-state index in [0.717, 1.165) is 68.7 Å². The molecule has 0 unspecified atom stereocenters. The lowest BCUT2D eigenvalue weighted by atomic mass is 10.0. The van der Waals surface area contributed by atoms with Gasteiger partial charge in [0, 0.05) is 54.4 Å². The predicted octanol–water partition coefficient (Wildman–Crippen LogP) is 6.94. The minimum atomic E-state index is 0.676. The van der Waals surface area contributed by atoms with E-state index in [4.69, 9.17) is 4.98 Å². The first-order valence-corrected chi connectivity index (χ1v) is 13.7. The number of benzene rings is 2. The maximum absolute atomic E-state index is 4.92. The summed E-state index contributed by atoms with van der Waals surface area (Å²) in [4.78, 5) is 21.7. The Labute approximate surface area is 238 Å². The summed E-state index contributed by atoms with van der Waals surface area (Å²) in [7, 11) is 0. The average molecular weight is 539 g/mol. The minimum Gasteiger partial charge on any atom is -0.335 e.